The van der Waals surface area contributed by atoms with E-state index >= 15 is 0 Å². The molecule has 0 fully saturated rings. The SMILES string of the molecule is O=C(O)/C=C/c1csc(COCCCC(F)(F)F)c1. The molecule has 1 aromatic heterocycles. The maximum Gasteiger partial charge on any atom is 0.389 e. The van der Waals surface area contributed by atoms with Crippen molar-refractivity contribution in [2.75, 3.05) is 6.61 Å². The van der Waals surface area contributed by atoms with Gasteiger partial charge in [0, 0.05) is 24.0 Å². The van der Waals surface area contributed by atoms with E-state index in [2.05, 4.69) is 0 Å². The minimum absolute atomic E-state index is 0.0533. The number of ether oxygens (including phenoxy) is 1. The van der Waals surface area contributed by atoms with Crippen LogP contribution in [0.15, 0.2) is 17.5 Å². The van der Waals surface area contributed by atoms with Crippen molar-refractivity contribution in [2.45, 2.75) is 25.6 Å². The zero-order valence-corrected chi connectivity index (χ0v) is 10.8. The molecule has 1 rings (SSSR count). The summed E-state index contributed by atoms with van der Waals surface area (Å²) in [5, 5.41) is 10.2. The van der Waals surface area contributed by atoms with E-state index in [1.54, 1.807) is 11.4 Å². The quantitative estimate of drug-likeness (QED) is 0.616. The highest BCUT2D eigenvalue weighted by Gasteiger charge is 2.25. The van der Waals surface area contributed by atoms with E-state index in [0.717, 1.165) is 16.5 Å². The fourth-order valence-electron chi connectivity index (χ4n) is 1.28. The highest BCUT2D eigenvalue weighted by atomic mass is 32.1. The van der Waals surface area contributed by atoms with Gasteiger partial charge in [0.15, 0.2) is 0 Å². The Labute approximate surface area is 112 Å². The first-order valence-corrected chi connectivity index (χ1v) is 6.38. The summed E-state index contributed by atoms with van der Waals surface area (Å²) in [5.74, 6) is -1.03. The predicted molar refractivity (Wildman–Crippen MR) is 65.9 cm³/mol. The number of carboxylic acids is 1. The molecule has 19 heavy (non-hydrogen) atoms. The Morgan fingerprint density at radius 1 is 1.47 bits per heavy atom. The first kappa shape index (κ1) is 15.7. The fourth-order valence-corrected chi connectivity index (χ4v) is 2.07. The topological polar surface area (TPSA) is 46.5 Å². The van der Waals surface area contributed by atoms with Crippen LogP contribution < -0.4 is 0 Å². The van der Waals surface area contributed by atoms with E-state index < -0.39 is 18.6 Å². The molecule has 0 aliphatic rings. The van der Waals surface area contributed by atoms with Gasteiger partial charge >= 0.3 is 12.1 Å². The van der Waals surface area contributed by atoms with Crippen LogP contribution in [0, 0.1) is 0 Å². The summed E-state index contributed by atoms with van der Waals surface area (Å²) < 4.78 is 40.7. The standard InChI is InChI=1S/C12H13F3O3S/c13-12(14,15)4-1-5-18-7-10-6-9(8-19-10)2-3-11(16)17/h2-3,6,8H,1,4-5,7H2,(H,16,17)/b3-2+. The first-order chi connectivity index (χ1) is 8.87. The van der Waals surface area contributed by atoms with E-state index in [4.69, 9.17) is 9.84 Å². The third-order valence-electron chi connectivity index (χ3n) is 2.09. The lowest BCUT2D eigenvalue weighted by Crippen LogP contribution is -2.08. The van der Waals surface area contributed by atoms with Gasteiger partial charge in [-0.3, -0.25) is 0 Å². The molecular weight excluding hydrogens is 281 g/mol. The highest BCUT2D eigenvalue weighted by Crippen LogP contribution is 2.21. The lowest BCUT2D eigenvalue weighted by Gasteiger charge is -2.05. The van der Waals surface area contributed by atoms with Crippen LogP contribution in [0.1, 0.15) is 23.3 Å². The average Bonchev–Trinajstić information content (AvgIpc) is 2.72. The maximum absolute atomic E-state index is 11.9. The molecule has 0 radical (unpaired) electrons. The summed E-state index contributed by atoms with van der Waals surface area (Å²) in [7, 11) is 0. The Balaban J connectivity index is 2.25. The molecule has 0 aliphatic carbocycles. The number of alkyl halides is 3. The van der Waals surface area contributed by atoms with Crippen molar-refractivity contribution in [3.05, 3.63) is 28.0 Å². The smallest absolute Gasteiger partial charge is 0.389 e. The Hall–Kier alpha value is -1.34. The number of thiophene rings is 1. The van der Waals surface area contributed by atoms with Crippen molar-refractivity contribution in [2.24, 2.45) is 0 Å². The molecule has 0 bridgehead atoms. The largest absolute Gasteiger partial charge is 0.478 e. The van der Waals surface area contributed by atoms with Crippen LogP contribution in [0.2, 0.25) is 0 Å². The summed E-state index contributed by atoms with van der Waals surface area (Å²) in [4.78, 5) is 11.1. The lowest BCUT2D eigenvalue weighted by atomic mass is 10.3. The van der Waals surface area contributed by atoms with E-state index in [1.165, 1.54) is 17.4 Å². The third-order valence-corrected chi connectivity index (χ3v) is 3.01. The monoisotopic (exact) mass is 294 g/mol. The Morgan fingerprint density at radius 3 is 2.84 bits per heavy atom. The molecule has 0 aromatic carbocycles. The van der Waals surface area contributed by atoms with E-state index in [9.17, 15) is 18.0 Å². The van der Waals surface area contributed by atoms with Crippen molar-refractivity contribution >= 4 is 23.4 Å². The third kappa shape index (κ3) is 7.63. The molecule has 0 amide bonds. The summed E-state index contributed by atoms with van der Waals surface area (Å²) in [6.45, 7) is 0.293. The van der Waals surface area contributed by atoms with Gasteiger partial charge < -0.3 is 9.84 Å². The van der Waals surface area contributed by atoms with Gasteiger partial charge in [0.2, 0.25) is 0 Å². The van der Waals surface area contributed by atoms with E-state index in [-0.39, 0.29) is 19.6 Å². The van der Waals surface area contributed by atoms with E-state index in [1.807, 2.05) is 0 Å². The molecule has 0 spiro atoms. The van der Waals surface area contributed by atoms with Crippen LogP contribution in [-0.4, -0.2) is 23.9 Å². The summed E-state index contributed by atoms with van der Waals surface area (Å²) in [5.41, 5.74) is 0.737. The first-order valence-electron chi connectivity index (χ1n) is 5.50. The van der Waals surface area contributed by atoms with Crippen molar-refractivity contribution < 1.29 is 27.8 Å². The van der Waals surface area contributed by atoms with Gasteiger partial charge in [0.25, 0.3) is 0 Å². The summed E-state index contributed by atoms with van der Waals surface area (Å²) in [6, 6.07) is 1.74. The number of hydrogen-bond donors (Lipinski definition) is 1. The molecule has 0 unspecified atom stereocenters. The number of carbonyl (C=O) groups is 1. The number of aliphatic carboxylic acids is 1. The predicted octanol–water partition coefficient (Wildman–Crippen LogP) is 3.71. The van der Waals surface area contributed by atoms with Crippen LogP contribution in [-0.2, 0) is 16.1 Å². The lowest BCUT2D eigenvalue weighted by molar-refractivity contribution is -0.138. The van der Waals surface area contributed by atoms with Gasteiger partial charge in [0.05, 0.1) is 6.61 Å². The van der Waals surface area contributed by atoms with Crippen molar-refractivity contribution in [3.8, 4) is 0 Å². The average molecular weight is 294 g/mol. The number of rotatable bonds is 7. The zero-order valence-electron chi connectivity index (χ0n) is 9.94. The molecule has 7 heteroatoms. The van der Waals surface area contributed by atoms with Crippen LogP contribution in [0.4, 0.5) is 13.2 Å². The second kappa shape index (κ2) is 7.30. The number of hydrogen-bond acceptors (Lipinski definition) is 3. The molecule has 0 saturated heterocycles. The Kier molecular flexibility index (Phi) is 6.04. The highest BCUT2D eigenvalue weighted by molar-refractivity contribution is 7.10. The Bertz CT molecular complexity index is 438. The minimum Gasteiger partial charge on any atom is -0.478 e. The Morgan fingerprint density at radius 2 is 2.21 bits per heavy atom. The molecule has 106 valence electrons. The summed E-state index contributed by atoms with van der Waals surface area (Å²) in [6.07, 6.45) is -2.56. The number of carboxylic acid groups (broad SMARTS) is 1. The molecule has 1 N–H and O–H groups in total. The fraction of sp³-hybridized carbons (Fsp3) is 0.417. The van der Waals surface area contributed by atoms with Gasteiger partial charge in [0.1, 0.15) is 0 Å². The molecular formula is C12H13F3O3S. The van der Waals surface area contributed by atoms with E-state index in [0.29, 0.717) is 0 Å². The number of halogens is 3. The van der Waals surface area contributed by atoms with Gasteiger partial charge in [-0.15, -0.1) is 11.3 Å². The maximum atomic E-state index is 11.9. The molecule has 3 nitrogen and oxygen atoms in total. The van der Waals surface area contributed by atoms with Crippen molar-refractivity contribution in [1.29, 1.82) is 0 Å². The molecule has 1 aromatic rings. The van der Waals surface area contributed by atoms with Crippen molar-refractivity contribution in [1.82, 2.24) is 0 Å². The molecule has 0 aliphatic heterocycles. The van der Waals surface area contributed by atoms with Crippen LogP contribution in [0.25, 0.3) is 6.08 Å². The summed E-state index contributed by atoms with van der Waals surface area (Å²) >= 11 is 1.37. The normalized spacial score (nSPS) is 12.2. The second-order valence-electron chi connectivity index (χ2n) is 3.79. The van der Waals surface area contributed by atoms with Crippen LogP contribution in [0.5, 0.6) is 0 Å². The van der Waals surface area contributed by atoms with Crippen LogP contribution in [0.3, 0.4) is 0 Å². The van der Waals surface area contributed by atoms with Gasteiger partial charge in [-0.1, -0.05) is 0 Å². The molecule has 1 heterocycles. The molecule has 0 saturated carbocycles. The van der Waals surface area contributed by atoms with Gasteiger partial charge in [-0.25, -0.2) is 4.79 Å². The van der Waals surface area contributed by atoms with Crippen molar-refractivity contribution in [3.63, 3.8) is 0 Å². The van der Waals surface area contributed by atoms with Gasteiger partial charge in [-0.2, -0.15) is 13.2 Å². The molecule has 0 atom stereocenters. The minimum atomic E-state index is -4.14. The zero-order chi connectivity index (χ0) is 14.3. The second-order valence-corrected chi connectivity index (χ2v) is 4.79. The van der Waals surface area contributed by atoms with Gasteiger partial charge in [-0.05, 0) is 29.5 Å². The van der Waals surface area contributed by atoms with Crippen LogP contribution >= 0.6 is 11.3 Å².